The van der Waals surface area contributed by atoms with Crippen molar-refractivity contribution < 1.29 is 14.7 Å². The van der Waals surface area contributed by atoms with Gasteiger partial charge in [-0.3, -0.25) is 14.5 Å². The van der Waals surface area contributed by atoms with Crippen LogP contribution in [-0.4, -0.2) is 53.0 Å². The molecule has 1 fully saturated rings. The summed E-state index contributed by atoms with van der Waals surface area (Å²) in [5, 5.41) is 9.56. The predicted molar refractivity (Wildman–Crippen MR) is 77.9 cm³/mol. The molecule has 1 amide bonds. The minimum absolute atomic E-state index is 0.0168. The maximum absolute atomic E-state index is 12.3. The third kappa shape index (κ3) is 2.78. The summed E-state index contributed by atoms with van der Waals surface area (Å²) in [7, 11) is 1.81. The number of likely N-dealkylation sites (N-methyl/N-ethyl adjacent to an activating group) is 1. The monoisotopic (exact) mass is 288 g/mol. The maximum atomic E-state index is 12.3. The minimum Gasteiger partial charge on any atom is -0.480 e. The van der Waals surface area contributed by atoms with Gasteiger partial charge in [-0.25, -0.2) is 0 Å². The van der Waals surface area contributed by atoms with Gasteiger partial charge in [0.1, 0.15) is 6.04 Å². The van der Waals surface area contributed by atoms with Crippen molar-refractivity contribution in [1.29, 1.82) is 0 Å². The van der Waals surface area contributed by atoms with E-state index in [0.717, 1.165) is 30.4 Å². The molecule has 0 saturated heterocycles. The number of carbonyl (C=O) groups is 2. The molecule has 1 saturated carbocycles. The van der Waals surface area contributed by atoms with Crippen molar-refractivity contribution in [2.24, 2.45) is 0 Å². The quantitative estimate of drug-likeness (QED) is 0.907. The van der Waals surface area contributed by atoms with Gasteiger partial charge in [0.05, 0.1) is 6.54 Å². The molecular weight excluding hydrogens is 268 g/mol. The van der Waals surface area contributed by atoms with Crippen LogP contribution in [-0.2, 0) is 16.0 Å². The van der Waals surface area contributed by atoms with E-state index in [1.807, 2.05) is 31.3 Å². The summed E-state index contributed by atoms with van der Waals surface area (Å²) in [6.45, 7) is 0.788. The average Bonchev–Trinajstić information content (AvgIpc) is 3.30. The smallest absolute Gasteiger partial charge is 0.325 e. The number of rotatable bonds is 4. The van der Waals surface area contributed by atoms with E-state index in [1.165, 1.54) is 0 Å². The Morgan fingerprint density at radius 1 is 1.33 bits per heavy atom. The molecule has 0 bridgehead atoms. The Hall–Kier alpha value is -1.88. The summed E-state index contributed by atoms with van der Waals surface area (Å²) >= 11 is 0. The molecule has 0 radical (unpaired) electrons. The lowest BCUT2D eigenvalue weighted by atomic mass is 9.92. The number of nitrogens with zero attached hydrogens (tertiary/aromatic N) is 2. The van der Waals surface area contributed by atoms with Crippen LogP contribution in [0, 0.1) is 0 Å². The Labute approximate surface area is 124 Å². The molecule has 1 unspecified atom stereocenters. The number of carboxylic acid groups (broad SMARTS) is 1. The fourth-order valence-corrected chi connectivity index (χ4v) is 3.03. The van der Waals surface area contributed by atoms with Crippen LogP contribution in [0.5, 0.6) is 0 Å². The third-order valence-electron chi connectivity index (χ3n) is 4.44. The second-order valence-corrected chi connectivity index (χ2v) is 5.90. The van der Waals surface area contributed by atoms with Gasteiger partial charge in [-0.15, -0.1) is 0 Å². The summed E-state index contributed by atoms with van der Waals surface area (Å²) in [5.74, 6) is -0.868. The second-order valence-electron chi connectivity index (χ2n) is 5.90. The van der Waals surface area contributed by atoms with E-state index in [1.54, 1.807) is 9.80 Å². The molecule has 3 rings (SSSR count). The first-order valence-electron chi connectivity index (χ1n) is 7.38. The van der Waals surface area contributed by atoms with Gasteiger partial charge in [-0.05, 0) is 30.4 Å². The number of fused-ring (bicyclic) bond motifs is 1. The van der Waals surface area contributed by atoms with Crippen molar-refractivity contribution in [1.82, 2.24) is 9.80 Å². The molecule has 21 heavy (non-hydrogen) atoms. The highest BCUT2D eigenvalue weighted by Crippen LogP contribution is 2.30. The largest absolute Gasteiger partial charge is 0.480 e. The molecule has 2 aliphatic rings. The molecule has 1 N–H and O–H groups in total. The molecule has 1 aliphatic heterocycles. The van der Waals surface area contributed by atoms with Crippen molar-refractivity contribution in [2.45, 2.75) is 31.3 Å². The van der Waals surface area contributed by atoms with Gasteiger partial charge in [0.2, 0.25) is 5.91 Å². The van der Waals surface area contributed by atoms with Gasteiger partial charge in [-0.2, -0.15) is 0 Å². The number of amides is 1. The maximum Gasteiger partial charge on any atom is 0.325 e. The molecule has 1 atom stereocenters. The van der Waals surface area contributed by atoms with Crippen LogP contribution in [0.1, 0.15) is 30.0 Å². The highest BCUT2D eigenvalue weighted by atomic mass is 16.4. The number of carbonyl (C=O) groups excluding carboxylic acids is 1. The summed E-state index contributed by atoms with van der Waals surface area (Å²) in [6.07, 6.45) is 2.92. The molecule has 5 nitrogen and oxygen atoms in total. The number of hydrogen-bond donors (Lipinski definition) is 1. The predicted octanol–water partition coefficient (Wildman–Crippen LogP) is 1.29. The minimum atomic E-state index is -0.885. The van der Waals surface area contributed by atoms with E-state index in [-0.39, 0.29) is 12.5 Å². The Kier molecular flexibility index (Phi) is 3.68. The molecule has 0 aromatic heterocycles. The number of hydrogen-bond acceptors (Lipinski definition) is 3. The lowest BCUT2D eigenvalue weighted by Gasteiger charge is -2.35. The van der Waals surface area contributed by atoms with Gasteiger partial charge in [0.25, 0.3) is 0 Å². The van der Waals surface area contributed by atoms with E-state index < -0.39 is 12.0 Å². The van der Waals surface area contributed by atoms with Gasteiger partial charge >= 0.3 is 5.97 Å². The zero-order valence-corrected chi connectivity index (χ0v) is 12.2. The van der Waals surface area contributed by atoms with Crippen molar-refractivity contribution in [3.63, 3.8) is 0 Å². The number of carboxylic acids is 1. The van der Waals surface area contributed by atoms with Crippen LogP contribution in [0.2, 0.25) is 0 Å². The summed E-state index contributed by atoms with van der Waals surface area (Å²) in [6, 6.07) is 7.26. The lowest BCUT2D eigenvalue weighted by Crippen LogP contribution is -2.46. The molecule has 1 heterocycles. The van der Waals surface area contributed by atoms with Gasteiger partial charge in [0.15, 0.2) is 0 Å². The lowest BCUT2D eigenvalue weighted by molar-refractivity contribution is -0.145. The zero-order chi connectivity index (χ0) is 15.0. The number of aliphatic carboxylic acids is 1. The third-order valence-corrected chi connectivity index (χ3v) is 4.44. The van der Waals surface area contributed by atoms with Crippen molar-refractivity contribution in [2.75, 3.05) is 20.1 Å². The first-order chi connectivity index (χ1) is 10.1. The first kappa shape index (κ1) is 14.1. The molecule has 5 heteroatoms. The second kappa shape index (κ2) is 5.48. The van der Waals surface area contributed by atoms with E-state index in [0.29, 0.717) is 12.6 Å². The summed E-state index contributed by atoms with van der Waals surface area (Å²) in [5.41, 5.74) is 1.89. The topological polar surface area (TPSA) is 60.9 Å². The normalized spacial score (nSPS) is 21.7. The number of benzene rings is 1. The average molecular weight is 288 g/mol. The van der Waals surface area contributed by atoms with Crippen LogP contribution in [0.25, 0.3) is 0 Å². The van der Waals surface area contributed by atoms with Crippen LogP contribution in [0.3, 0.4) is 0 Å². The molecule has 1 aromatic carbocycles. The first-order valence-corrected chi connectivity index (χ1v) is 7.38. The van der Waals surface area contributed by atoms with Crippen LogP contribution < -0.4 is 0 Å². The van der Waals surface area contributed by atoms with Gasteiger partial charge < -0.3 is 10.0 Å². The Morgan fingerprint density at radius 2 is 2.05 bits per heavy atom. The highest BCUT2D eigenvalue weighted by molar-refractivity contribution is 5.81. The fraction of sp³-hybridized carbons (Fsp3) is 0.500. The standard InChI is InChI=1S/C16H20N2O3/c1-17(12-6-7-12)14(19)10-18-9-8-11-4-2-3-5-13(11)15(18)16(20)21/h2-5,12,15H,6-10H2,1H3,(H,20,21). The van der Waals surface area contributed by atoms with E-state index in [4.69, 9.17) is 0 Å². The summed E-state index contributed by atoms with van der Waals surface area (Å²) < 4.78 is 0. The Balaban J connectivity index is 1.79. The van der Waals surface area contributed by atoms with E-state index >= 15 is 0 Å². The Morgan fingerprint density at radius 3 is 2.71 bits per heavy atom. The van der Waals surface area contributed by atoms with E-state index in [2.05, 4.69) is 0 Å². The SMILES string of the molecule is CN(C(=O)CN1CCc2ccccc2C1C(=O)O)C1CC1. The van der Waals surface area contributed by atoms with Crippen LogP contribution in [0.4, 0.5) is 0 Å². The molecular formula is C16H20N2O3. The van der Waals surface area contributed by atoms with E-state index in [9.17, 15) is 14.7 Å². The fourth-order valence-electron chi connectivity index (χ4n) is 3.03. The van der Waals surface area contributed by atoms with Crippen molar-refractivity contribution >= 4 is 11.9 Å². The van der Waals surface area contributed by atoms with Gasteiger partial charge in [-0.1, -0.05) is 24.3 Å². The zero-order valence-electron chi connectivity index (χ0n) is 12.2. The molecule has 0 spiro atoms. The molecule has 1 aromatic rings. The van der Waals surface area contributed by atoms with Crippen LogP contribution in [0.15, 0.2) is 24.3 Å². The molecule has 1 aliphatic carbocycles. The van der Waals surface area contributed by atoms with Crippen molar-refractivity contribution in [3.8, 4) is 0 Å². The van der Waals surface area contributed by atoms with Gasteiger partial charge in [0, 0.05) is 19.6 Å². The van der Waals surface area contributed by atoms with Crippen molar-refractivity contribution in [3.05, 3.63) is 35.4 Å². The summed E-state index contributed by atoms with van der Waals surface area (Å²) in [4.78, 5) is 27.5. The Bertz CT molecular complexity index is 568. The highest BCUT2D eigenvalue weighted by Gasteiger charge is 2.36. The van der Waals surface area contributed by atoms with Crippen LogP contribution >= 0.6 is 0 Å². The molecule has 112 valence electrons.